The molecular formula is C13H21ClN4O. The first kappa shape index (κ1) is 14.3. The van der Waals surface area contributed by atoms with Gasteiger partial charge in [0.15, 0.2) is 5.82 Å². The third kappa shape index (κ3) is 3.28. The Labute approximate surface area is 119 Å². The van der Waals surface area contributed by atoms with Crippen LogP contribution in [-0.4, -0.2) is 42.3 Å². The van der Waals surface area contributed by atoms with E-state index in [1.54, 1.807) is 6.20 Å². The van der Waals surface area contributed by atoms with Crippen LogP contribution in [0.25, 0.3) is 0 Å². The standard InChI is InChI=1S/C13H21ClN4O/c1-4-6-15-13-16-8-10(14)12(17-13)18(3)11-5-7-19-9(11)2/h8-9,11H,4-7H2,1-3H3,(H,15,16,17). The number of nitrogens with one attached hydrogen (secondary N) is 1. The maximum absolute atomic E-state index is 6.22. The Bertz CT molecular complexity index is 429. The van der Waals surface area contributed by atoms with E-state index in [9.17, 15) is 0 Å². The molecule has 2 rings (SSSR count). The van der Waals surface area contributed by atoms with E-state index in [2.05, 4.69) is 34.0 Å². The summed E-state index contributed by atoms with van der Waals surface area (Å²) in [5, 5.41) is 3.75. The molecule has 0 amide bonds. The zero-order valence-electron chi connectivity index (χ0n) is 11.7. The minimum atomic E-state index is 0.197. The van der Waals surface area contributed by atoms with Crippen molar-refractivity contribution in [3.63, 3.8) is 0 Å². The highest BCUT2D eigenvalue weighted by Crippen LogP contribution is 2.28. The summed E-state index contributed by atoms with van der Waals surface area (Å²) < 4.78 is 5.60. The molecule has 0 aliphatic carbocycles. The number of halogens is 1. The minimum Gasteiger partial charge on any atom is -0.376 e. The molecule has 0 bridgehead atoms. The molecular weight excluding hydrogens is 264 g/mol. The number of anilines is 2. The number of hydrogen-bond donors (Lipinski definition) is 1. The van der Waals surface area contributed by atoms with Gasteiger partial charge in [-0.1, -0.05) is 18.5 Å². The minimum absolute atomic E-state index is 0.197. The number of nitrogens with zero attached hydrogens (tertiary/aromatic N) is 3. The molecule has 106 valence electrons. The lowest BCUT2D eigenvalue weighted by molar-refractivity contribution is 0.118. The largest absolute Gasteiger partial charge is 0.376 e. The molecule has 0 spiro atoms. The Hall–Kier alpha value is -1.07. The van der Waals surface area contributed by atoms with Crippen molar-refractivity contribution in [1.82, 2.24) is 9.97 Å². The molecule has 6 heteroatoms. The highest BCUT2D eigenvalue weighted by atomic mass is 35.5. The second-order valence-electron chi connectivity index (χ2n) is 4.83. The second-order valence-corrected chi connectivity index (χ2v) is 5.24. The van der Waals surface area contributed by atoms with Gasteiger partial charge in [-0.05, 0) is 19.8 Å². The predicted molar refractivity (Wildman–Crippen MR) is 78.0 cm³/mol. The van der Waals surface area contributed by atoms with Crippen LogP contribution in [-0.2, 0) is 4.74 Å². The van der Waals surface area contributed by atoms with Crippen molar-refractivity contribution in [2.45, 2.75) is 38.8 Å². The molecule has 0 saturated carbocycles. The fraction of sp³-hybridized carbons (Fsp3) is 0.692. The van der Waals surface area contributed by atoms with Crippen LogP contribution in [0.2, 0.25) is 5.02 Å². The molecule has 19 heavy (non-hydrogen) atoms. The van der Waals surface area contributed by atoms with Crippen LogP contribution >= 0.6 is 11.6 Å². The Kier molecular flexibility index (Phi) is 4.82. The Morgan fingerprint density at radius 2 is 2.37 bits per heavy atom. The monoisotopic (exact) mass is 284 g/mol. The molecule has 1 fully saturated rings. The molecule has 2 unspecified atom stereocenters. The summed E-state index contributed by atoms with van der Waals surface area (Å²) in [5.74, 6) is 1.39. The summed E-state index contributed by atoms with van der Waals surface area (Å²) in [4.78, 5) is 10.8. The topological polar surface area (TPSA) is 50.3 Å². The van der Waals surface area contributed by atoms with E-state index in [-0.39, 0.29) is 6.10 Å². The smallest absolute Gasteiger partial charge is 0.224 e. The quantitative estimate of drug-likeness (QED) is 0.900. The normalized spacial score (nSPS) is 22.5. The first-order valence-corrected chi connectivity index (χ1v) is 7.12. The van der Waals surface area contributed by atoms with Gasteiger partial charge in [0.1, 0.15) is 5.02 Å². The van der Waals surface area contributed by atoms with Gasteiger partial charge in [-0.2, -0.15) is 4.98 Å². The molecule has 2 heterocycles. The van der Waals surface area contributed by atoms with Crippen LogP contribution in [0.15, 0.2) is 6.20 Å². The summed E-state index contributed by atoms with van der Waals surface area (Å²) in [6, 6.07) is 0.312. The average molecular weight is 285 g/mol. The summed E-state index contributed by atoms with van der Waals surface area (Å²) in [7, 11) is 2.01. The van der Waals surface area contributed by atoms with E-state index in [0.29, 0.717) is 17.0 Å². The molecule has 1 N–H and O–H groups in total. The lowest BCUT2D eigenvalue weighted by atomic mass is 10.1. The second kappa shape index (κ2) is 6.39. The van der Waals surface area contributed by atoms with Gasteiger partial charge in [-0.15, -0.1) is 0 Å². The fourth-order valence-electron chi connectivity index (χ4n) is 2.31. The molecule has 0 aromatic carbocycles. The van der Waals surface area contributed by atoms with Crippen LogP contribution in [0.1, 0.15) is 26.7 Å². The summed E-state index contributed by atoms with van der Waals surface area (Å²) in [6.07, 6.45) is 3.88. The highest BCUT2D eigenvalue weighted by molar-refractivity contribution is 6.32. The Morgan fingerprint density at radius 1 is 1.58 bits per heavy atom. The zero-order chi connectivity index (χ0) is 13.8. The summed E-state index contributed by atoms with van der Waals surface area (Å²) in [6.45, 7) is 5.83. The maximum Gasteiger partial charge on any atom is 0.224 e. The van der Waals surface area contributed by atoms with E-state index in [1.807, 2.05) is 7.05 Å². The summed E-state index contributed by atoms with van der Waals surface area (Å²) >= 11 is 6.22. The van der Waals surface area contributed by atoms with Crippen molar-refractivity contribution < 1.29 is 4.74 Å². The lowest BCUT2D eigenvalue weighted by Gasteiger charge is -2.28. The molecule has 1 aromatic heterocycles. The molecule has 1 aliphatic rings. The van der Waals surface area contributed by atoms with Gasteiger partial charge in [-0.3, -0.25) is 0 Å². The first-order valence-electron chi connectivity index (χ1n) is 6.74. The van der Waals surface area contributed by atoms with E-state index in [4.69, 9.17) is 16.3 Å². The van der Waals surface area contributed by atoms with E-state index >= 15 is 0 Å². The molecule has 1 aliphatic heterocycles. The van der Waals surface area contributed by atoms with Crippen molar-refractivity contribution in [2.24, 2.45) is 0 Å². The van der Waals surface area contributed by atoms with Crippen LogP contribution in [0.3, 0.4) is 0 Å². The fourth-order valence-corrected chi connectivity index (χ4v) is 2.54. The molecule has 0 radical (unpaired) electrons. The molecule has 1 aromatic rings. The first-order chi connectivity index (χ1) is 9.13. The van der Waals surface area contributed by atoms with Gasteiger partial charge >= 0.3 is 0 Å². The van der Waals surface area contributed by atoms with Gasteiger partial charge < -0.3 is 15.0 Å². The van der Waals surface area contributed by atoms with Gasteiger partial charge in [-0.25, -0.2) is 4.98 Å². The van der Waals surface area contributed by atoms with Crippen molar-refractivity contribution in [1.29, 1.82) is 0 Å². The number of ether oxygens (including phenoxy) is 1. The van der Waals surface area contributed by atoms with Crippen molar-refractivity contribution in [3.05, 3.63) is 11.2 Å². The SMILES string of the molecule is CCCNc1ncc(Cl)c(N(C)C2CCOC2C)n1. The third-order valence-electron chi connectivity index (χ3n) is 3.43. The summed E-state index contributed by atoms with van der Waals surface area (Å²) in [5.41, 5.74) is 0. The van der Waals surface area contributed by atoms with Crippen LogP contribution in [0.5, 0.6) is 0 Å². The maximum atomic E-state index is 6.22. The number of hydrogen-bond acceptors (Lipinski definition) is 5. The number of likely N-dealkylation sites (N-methyl/N-ethyl adjacent to an activating group) is 1. The van der Waals surface area contributed by atoms with Crippen LogP contribution < -0.4 is 10.2 Å². The zero-order valence-corrected chi connectivity index (χ0v) is 12.4. The highest BCUT2D eigenvalue weighted by Gasteiger charge is 2.29. The van der Waals surface area contributed by atoms with Crippen LogP contribution in [0.4, 0.5) is 11.8 Å². The Balaban J connectivity index is 2.17. The average Bonchev–Trinajstić information content (AvgIpc) is 2.83. The third-order valence-corrected chi connectivity index (χ3v) is 3.69. The molecule has 1 saturated heterocycles. The molecule has 2 atom stereocenters. The van der Waals surface area contributed by atoms with Crippen molar-refractivity contribution >= 4 is 23.4 Å². The lowest BCUT2D eigenvalue weighted by Crippen LogP contribution is -2.37. The number of aromatic nitrogens is 2. The van der Waals surface area contributed by atoms with Gasteiger partial charge in [0.25, 0.3) is 0 Å². The van der Waals surface area contributed by atoms with Gasteiger partial charge in [0, 0.05) is 20.2 Å². The van der Waals surface area contributed by atoms with Gasteiger partial charge in [0.05, 0.1) is 18.3 Å². The predicted octanol–water partition coefficient (Wildman–Crippen LogP) is 2.57. The Morgan fingerprint density at radius 3 is 3.00 bits per heavy atom. The van der Waals surface area contributed by atoms with E-state index in [1.165, 1.54) is 0 Å². The van der Waals surface area contributed by atoms with Crippen molar-refractivity contribution in [3.8, 4) is 0 Å². The van der Waals surface area contributed by atoms with Crippen molar-refractivity contribution in [2.75, 3.05) is 30.4 Å². The van der Waals surface area contributed by atoms with Gasteiger partial charge in [0.2, 0.25) is 5.95 Å². The van der Waals surface area contributed by atoms with E-state index in [0.717, 1.165) is 31.8 Å². The number of rotatable bonds is 5. The molecule has 5 nitrogen and oxygen atoms in total. The van der Waals surface area contributed by atoms with E-state index < -0.39 is 0 Å². The van der Waals surface area contributed by atoms with Crippen LogP contribution in [0, 0.1) is 0 Å².